The molecule has 0 bridgehead atoms. The maximum atomic E-state index is 10.0. The van der Waals surface area contributed by atoms with Crippen molar-refractivity contribution in [1.82, 2.24) is 0 Å². The van der Waals surface area contributed by atoms with E-state index < -0.39 is 0 Å². The zero-order valence-electron chi connectivity index (χ0n) is 13.2. The van der Waals surface area contributed by atoms with Crippen molar-refractivity contribution in [2.24, 2.45) is 28.6 Å². The lowest BCUT2D eigenvalue weighted by Crippen LogP contribution is -2.49. The van der Waals surface area contributed by atoms with Gasteiger partial charge in [0.2, 0.25) is 0 Å². The lowest BCUT2D eigenvalue weighted by atomic mass is 9.48. The van der Waals surface area contributed by atoms with E-state index in [4.69, 9.17) is 0 Å². The van der Waals surface area contributed by atoms with E-state index >= 15 is 0 Å². The second-order valence-electron chi connectivity index (χ2n) is 8.74. The zero-order valence-corrected chi connectivity index (χ0v) is 13.2. The van der Waals surface area contributed by atoms with Gasteiger partial charge in [0.15, 0.2) is 0 Å². The summed E-state index contributed by atoms with van der Waals surface area (Å²) in [4.78, 5) is 0. The van der Waals surface area contributed by atoms with Crippen LogP contribution in [0.2, 0.25) is 0 Å². The van der Waals surface area contributed by atoms with Crippen LogP contribution >= 0.6 is 0 Å². The predicted molar refractivity (Wildman–Crippen MR) is 82.3 cm³/mol. The lowest BCUT2D eigenvalue weighted by Gasteiger charge is -2.57. The lowest BCUT2D eigenvalue weighted by molar-refractivity contribution is -0.0360. The number of hydrogen-bond acceptors (Lipinski definition) is 1. The quantitative estimate of drug-likeness (QED) is 0.635. The molecule has 20 heavy (non-hydrogen) atoms. The zero-order chi connectivity index (χ0) is 14.0. The third-order valence-corrected chi connectivity index (χ3v) is 7.86. The third kappa shape index (κ3) is 1.71. The Morgan fingerprint density at radius 2 is 1.90 bits per heavy atom. The SMILES string of the molecule is CC12CC[C@H](O)CC1=CCC1C2CC[C@@]2(C)CCC[C@H]12. The summed E-state index contributed by atoms with van der Waals surface area (Å²) in [5.74, 6) is 2.84. The molecule has 0 spiro atoms. The summed E-state index contributed by atoms with van der Waals surface area (Å²) in [7, 11) is 0. The number of aliphatic hydroxyl groups excluding tert-OH is 1. The standard InChI is InChI=1S/C19H30O/c1-18-9-3-4-16(18)15-6-5-13-12-14(20)7-11-19(13,2)17(15)8-10-18/h5,14-17,20H,3-4,6-12H2,1-2H3/t14-,15?,16+,17?,18+,19?/m0/s1. The molecule has 0 aromatic carbocycles. The van der Waals surface area contributed by atoms with Gasteiger partial charge in [0.05, 0.1) is 6.10 Å². The minimum absolute atomic E-state index is 0.0637. The van der Waals surface area contributed by atoms with Crippen LogP contribution in [0.1, 0.15) is 71.6 Å². The molecule has 0 saturated heterocycles. The van der Waals surface area contributed by atoms with Crippen molar-refractivity contribution in [2.45, 2.75) is 77.7 Å². The van der Waals surface area contributed by atoms with Gasteiger partial charge < -0.3 is 5.11 Å². The molecule has 0 aromatic heterocycles. The second-order valence-corrected chi connectivity index (χ2v) is 8.74. The summed E-state index contributed by atoms with van der Waals surface area (Å²) in [5, 5.41) is 10.0. The van der Waals surface area contributed by atoms with Crippen LogP contribution in [0.3, 0.4) is 0 Å². The maximum Gasteiger partial charge on any atom is 0.0577 e. The Balaban J connectivity index is 1.68. The third-order valence-electron chi connectivity index (χ3n) is 7.86. The van der Waals surface area contributed by atoms with Crippen molar-refractivity contribution in [3.63, 3.8) is 0 Å². The van der Waals surface area contributed by atoms with Gasteiger partial charge in [0.1, 0.15) is 0 Å². The van der Waals surface area contributed by atoms with Crippen LogP contribution in [-0.2, 0) is 0 Å². The molecule has 4 aliphatic carbocycles. The molecule has 1 N–H and O–H groups in total. The van der Waals surface area contributed by atoms with E-state index in [9.17, 15) is 5.11 Å². The molecule has 3 unspecified atom stereocenters. The van der Waals surface area contributed by atoms with Gasteiger partial charge >= 0.3 is 0 Å². The molecule has 3 fully saturated rings. The normalized spacial score (nSPS) is 54.6. The number of allylic oxidation sites excluding steroid dienone is 1. The molecule has 0 heterocycles. The number of rotatable bonds is 0. The molecule has 1 nitrogen and oxygen atoms in total. The topological polar surface area (TPSA) is 20.2 Å². The Kier molecular flexibility index (Phi) is 2.91. The molecule has 0 aromatic rings. The summed E-state index contributed by atoms with van der Waals surface area (Å²) in [6, 6.07) is 0. The Hall–Kier alpha value is -0.300. The maximum absolute atomic E-state index is 10.0. The number of hydrogen-bond donors (Lipinski definition) is 1. The Bertz CT molecular complexity index is 439. The van der Waals surface area contributed by atoms with E-state index in [1.54, 1.807) is 5.57 Å². The van der Waals surface area contributed by atoms with Gasteiger partial charge in [0, 0.05) is 0 Å². The molecule has 4 aliphatic rings. The summed E-state index contributed by atoms with van der Waals surface area (Å²) >= 11 is 0. The van der Waals surface area contributed by atoms with E-state index in [0.717, 1.165) is 30.6 Å². The molecule has 112 valence electrons. The number of fused-ring (bicyclic) bond motifs is 5. The molecular weight excluding hydrogens is 244 g/mol. The highest BCUT2D eigenvalue weighted by Crippen LogP contribution is 2.64. The first-order chi connectivity index (χ1) is 9.53. The smallest absolute Gasteiger partial charge is 0.0577 e. The van der Waals surface area contributed by atoms with E-state index in [1.165, 1.54) is 44.9 Å². The van der Waals surface area contributed by atoms with Crippen molar-refractivity contribution in [3.8, 4) is 0 Å². The summed E-state index contributed by atoms with van der Waals surface area (Å²) < 4.78 is 0. The summed E-state index contributed by atoms with van der Waals surface area (Å²) in [6.07, 6.45) is 14.3. The average molecular weight is 274 g/mol. The average Bonchev–Trinajstić information content (AvgIpc) is 2.81. The Morgan fingerprint density at radius 3 is 2.75 bits per heavy atom. The molecule has 3 saturated carbocycles. The fourth-order valence-corrected chi connectivity index (χ4v) is 6.63. The van der Waals surface area contributed by atoms with Crippen molar-refractivity contribution < 1.29 is 5.11 Å². The van der Waals surface area contributed by atoms with Crippen LogP contribution < -0.4 is 0 Å². The van der Waals surface area contributed by atoms with E-state index in [2.05, 4.69) is 19.9 Å². The van der Waals surface area contributed by atoms with Crippen molar-refractivity contribution >= 4 is 0 Å². The van der Waals surface area contributed by atoms with Crippen molar-refractivity contribution in [3.05, 3.63) is 11.6 Å². The van der Waals surface area contributed by atoms with Crippen LogP contribution in [0.15, 0.2) is 11.6 Å². The van der Waals surface area contributed by atoms with E-state index in [1.807, 2.05) is 0 Å². The number of aliphatic hydroxyl groups is 1. The molecule has 0 radical (unpaired) electrons. The molecule has 6 atom stereocenters. The minimum Gasteiger partial charge on any atom is -0.393 e. The second kappa shape index (κ2) is 4.35. The first-order valence-corrected chi connectivity index (χ1v) is 8.90. The largest absolute Gasteiger partial charge is 0.393 e. The molecule has 4 rings (SSSR count). The van der Waals surface area contributed by atoms with Gasteiger partial charge in [-0.1, -0.05) is 31.9 Å². The van der Waals surface area contributed by atoms with Crippen LogP contribution in [0.5, 0.6) is 0 Å². The summed E-state index contributed by atoms with van der Waals surface area (Å²) in [5.41, 5.74) is 2.70. The molecule has 0 aliphatic heterocycles. The predicted octanol–water partition coefficient (Wildman–Crippen LogP) is 4.70. The molecular formula is C19H30O. The van der Waals surface area contributed by atoms with E-state index in [-0.39, 0.29) is 6.10 Å². The first kappa shape index (κ1) is 13.4. The Morgan fingerprint density at radius 1 is 1.05 bits per heavy atom. The van der Waals surface area contributed by atoms with Crippen molar-refractivity contribution in [1.29, 1.82) is 0 Å². The highest BCUT2D eigenvalue weighted by atomic mass is 16.3. The monoisotopic (exact) mass is 274 g/mol. The van der Waals surface area contributed by atoms with Crippen LogP contribution in [0.25, 0.3) is 0 Å². The van der Waals surface area contributed by atoms with Gasteiger partial charge in [0.25, 0.3) is 0 Å². The van der Waals surface area contributed by atoms with Gasteiger partial charge in [-0.2, -0.15) is 0 Å². The highest BCUT2D eigenvalue weighted by molar-refractivity contribution is 5.25. The fourth-order valence-electron chi connectivity index (χ4n) is 6.63. The Labute approximate surface area is 123 Å². The van der Waals surface area contributed by atoms with Gasteiger partial charge in [-0.3, -0.25) is 0 Å². The highest BCUT2D eigenvalue weighted by Gasteiger charge is 2.55. The van der Waals surface area contributed by atoms with E-state index in [0.29, 0.717) is 10.8 Å². The molecule has 0 amide bonds. The van der Waals surface area contributed by atoms with Crippen molar-refractivity contribution in [2.75, 3.05) is 0 Å². The first-order valence-electron chi connectivity index (χ1n) is 8.90. The van der Waals surface area contributed by atoms with Crippen LogP contribution in [-0.4, -0.2) is 11.2 Å². The summed E-state index contributed by atoms with van der Waals surface area (Å²) in [6.45, 7) is 5.10. The fraction of sp³-hybridized carbons (Fsp3) is 0.895. The van der Waals surface area contributed by atoms with Gasteiger partial charge in [-0.15, -0.1) is 0 Å². The van der Waals surface area contributed by atoms with Crippen LogP contribution in [0.4, 0.5) is 0 Å². The minimum atomic E-state index is -0.0637. The van der Waals surface area contributed by atoms with Gasteiger partial charge in [-0.05, 0) is 80.0 Å². The van der Waals surface area contributed by atoms with Gasteiger partial charge in [-0.25, -0.2) is 0 Å². The van der Waals surface area contributed by atoms with Crippen LogP contribution in [0, 0.1) is 28.6 Å². The molecule has 1 heteroatoms.